The van der Waals surface area contributed by atoms with Crippen molar-refractivity contribution in [2.45, 2.75) is 20.8 Å². The van der Waals surface area contributed by atoms with Crippen LogP contribution >= 0.6 is 0 Å². The fourth-order valence-electron chi connectivity index (χ4n) is 1.43. The van der Waals surface area contributed by atoms with E-state index in [-0.39, 0.29) is 104 Å². The van der Waals surface area contributed by atoms with Crippen molar-refractivity contribution in [3.05, 3.63) is 32.9 Å². The molecule has 0 saturated carbocycles. The minimum absolute atomic E-state index is 0. The van der Waals surface area contributed by atoms with Gasteiger partial charge in [-0.3, -0.25) is 10.1 Å². The Kier molecular flexibility index (Phi) is 14.7. The van der Waals surface area contributed by atoms with E-state index in [1.165, 1.54) is 7.11 Å². The number of hydrogen-bond acceptors (Lipinski definition) is 3. The van der Waals surface area contributed by atoms with E-state index >= 15 is 0 Å². The standard InChI is InChI=1S/C10H12NO3.3Y/c1-6-5-7(2)10(14-4)9(8(6)3)11(12)13;;;/h1-4H3;;;/q-1;;;. The van der Waals surface area contributed by atoms with Crippen LogP contribution in [0.5, 0.6) is 5.75 Å². The Morgan fingerprint density at radius 3 is 1.94 bits per heavy atom. The average Bonchev–Trinajstić information content (AvgIpc) is 2.10. The van der Waals surface area contributed by atoms with Crippen molar-refractivity contribution >= 4 is 5.69 Å². The molecule has 0 N–H and O–H groups in total. The first kappa shape index (κ1) is 23.8. The monoisotopic (exact) mass is 461 g/mol. The van der Waals surface area contributed by atoms with E-state index in [0.717, 1.165) is 5.56 Å². The van der Waals surface area contributed by atoms with Crippen molar-refractivity contribution in [3.63, 3.8) is 0 Å². The summed E-state index contributed by atoms with van der Waals surface area (Å²) in [6.45, 7) is 5.25. The number of methoxy groups -OCH3 is 1. The van der Waals surface area contributed by atoms with Gasteiger partial charge in [-0.15, -0.1) is 5.56 Å². The molecule has 0 aliphatic rings. The molecule has 0 aromatic heterocycles. The fourth-order valence-corrected chi connectivity index (χ4v) is 1.43. The molecule has 85 valence electrons. The number of ether oxygens (including phenoxy) is 1. The van der Waals surface area contributed by atoms with E-state index in [9.17, 15) is 10.1 Å². The van der Waals surface area contributed by atoms with Gasteiger partial charge in [0.05, 0.1) is 12.9 Å². The second-order valence-electron chi connectivity index (χ2n) is 3.14. The minimum atomic E-state index is -0.415. The van der Waals surface area contributed by atoms with Crippen LogP contribution in [-0.4, -0.2) is 12.0 Å². The third-order valence-corrected chi connectivity index (χ3v) is 2.24. The average molecular weight is 461 g/mol. The third-order valence-electron chi connectivity index (χ3n) is 2.24. The Hall–Kier alpha value is 1.73. The van der Waals surface area contributed by atoms with E-state index in [1.807, 2.05) is 0 Å². The smallest absolute Gasteiger partial charge is 0.210 e. The zero-order valence-electron chi connectivity index (χ0n) is 10.4. The summed E-state index contributed by atoms with van der Waals surface area (Å²) in [6.07, 6.45) is 0. The molecule has 4 nitrogen and oxygen atoms in total. The Bertz CT molecular complexity index is 397. The molecule has 1 aromatic carbocycles. The van der Waals surface area contributed by atoms with Crippen LogP contribution in [0.3, 0.4) is 0 Å². The molecule has 0 unspecified atom stereocenters. The molecule has 0 aliphatic heterocycles. The van der Waals surface area contributed by atoms with Crippen LogP contribution in [0.1, 0.15) is 16.7 Å². The van der Waals surface area contributed by atoms with Crippen LogP contribution in [0.25, 0.3) is 0 Å². The minimum Gasteiger partial charge on any atom is -0.547 e. The maximum absolute atomic E-state index is 10.8. The van der Waals surface area contributed by atoms with Crippen molar-refractivity contribution in [1.29, 1.82) is 0 Å². The van der Waals surface area contributed by atoms with Crippen molar-refractivity contribution < 1.29 is 108 Å². The Labute approximate surface area is 177 Å². The number of nitro groups is 1. The SMILES string of the molecule is COc1c(C)[c-]c(C)c(C)c1[N+](=O)[O-].[Y].[Y].[Y]. The number of nitro benzene ring substituents is 1. The van der Waals surface area contributed by atoms with Crippen molar-refractivity contribution in [1.82, 2.24) is 0 Å². The molecule has 7 heteroatoms. The van der Waals surface area contributed by atoms with Crippen LogP contribution in [0.4, 0.5) is 5.69 Å². The summed E-state index contributed by atoms with van der Waals surface area (Å²) in [5, 5.41) is 10.8. The summed E-state index contributed by atoms with van der Waals surface area (Å²) < 4.78 is 5.00. The van der Waals surface area contributed by atoms with Crippen LogP contribution < -0.4 is 4.74 Å². The number of hydrogen-bond donors (Lipinski definition) is 0. The predicted octanol–water partition coefficient (Wildman–Crippen LogP) is 2.32. The third kappa shape index (κ3) is 5.71. The Morgan fingerprint density at radius 1 is 1.12 bits per heavy atom. The van der Waals surface area contributed by atoms with Gasteiger partial charge in [0.2, 0.25) is 5.69 Å². The summed E-state index contributed by atoms with van der Waals surface area (Å²) in [7, 11) is 1.43. The summed E-state index contributed by atoms with van der Waals surface area (Å²) in [4.78, 5) is 10.4. The molecule has 3 radical (unpaired) electrons. The normalized spacial score (nSPS) is 8.24. The maximum atomic E-state index is 10.8. The van der Waals surface area contributed by atoms with Crippen LogP contribution in [-0.2, 0) is 98.1 Å². The molecule has 0 fully saturated rings. The fraction of sp³-hybridized carbons (Fsp3) is 0.400. The number of nitrogens with zero attached hydrogens (tertiary/aromatic N) is 1. The van der Waals surface area contributed by atoms with Crippen molar-refractivity contribution in [2.75, 3.05) is 7.11 Å². The largest absolute Gasteiger partial charge is 0.547 e. The van der Waals surface area contributed by atoms with Gasteiger partial charge in [0.1, 0.15) is 0 Å². The van der Waals surface area contributed by atoms with Crippen molar-refractivity contribution in [3.8, 4) is 5.75 Å². The summed E-state index contributed by atoms with van der Waals surface area (Å²) >= 11 is 0. The predicted molar refractivity (Wildman–Crippen MR) is 52.7 cm³/mol. The van der Waals surface area contributed by atoms with Gasteiger partial charge in [-0.1, -0.05) is 26.3 Å². The van der Waals surface area contributed by atoms with E-state index in [0.29, 0.717) is 16.9 Å². The molecule has 17 heavy (non-hydrogen) atoms. The van der Waals surface area contributed by atoms with Gasteiger partial charge in [-0.25, -0.2) is 0 Å². The number of benzene rings is 1. The number of rotatable bonds is 2. The molecule has 0 bridgehead atoms. The van der Waals surface area contributed by atoms with Gasteiger partial charge in [-0.05, 0) is 0 Å². The Morgan fingerprint density at radius 2 is 1.59 bits per heavy atom. The topological polar surface area (TPSA) is 52.4 Å². The second kappa shape index (κ2) is 10.5. The quantitative estimate of drug-likeness (QED) is 0.387. The zero-order valence-corrected chi connectivity index (χ0v) is 18.9. The van der Waals surface area contributed by atoms with Crippen LogP contribution in [0.2, 0.25) is 0 Å². The molecule has 0 spiro atoms. The van der Waals surface area contributed by atoms with Crippen molar-refractivity contribution in [2.24, 2.45) is 0 Å². The van der Waals surface area contributed by atoms with Gasteiger partial charge in [0, 0.05) is 103 Å². The van der Waals surface area contributed by atoms with Gasteiger partial charge in [0.15, 0.2) is 0 Å². The molecule has 1 aromatic rings. The molecule has 0 atom stereocenters. The Balaban J connectivity index is -0.000000653. The molecule has 0 heterocycles. The van der Waals surface area contributed by atoms with E-state index in [2.05, 4.69) is 6.07 Å². The molecular weight excluding hydrogens is 449 g/mol. The first-order valence-electron chi connectivity index (χ1n) is 4.20. The zero-order chi connectivity index (χ0) is 10.9. The summed E-state index contributed by atoms with van der Waals surface area (Å²) in [5.41, 5.74) is 2.11. The number of aryl methyl sites for hydroxylation is 2. The van der Waals surface area contributed by atoms with E-state index in [4.69, 9.17) is 4.74 Å². The second-order valence-corrected chi connectivity index (χ2v) is 3.14. The summed E-state index contributed by atoms with van der Waals surface area (Å²) in [5.74, 6) is 0.304. The van der Waals surface area contributed by atoms with Crippen LogP contribution in [0, 0.1) is 37.0 Å². The van der Waals surface area contributed by atoms with E-state index < -0.39 is 4.92 Å². The molecule has 0 saturated heterocycles. The molecular formula is C10H12NO3Y3-. The van der Waals surface area contributed by atoms with Gasteiger partial charge in [-0.2, -0.15) is 11.6 Å². The van der Waals surface area contributed by atoms with Crippen LogP contribution in [0.15, 0.2) is 0 Å². The molecule has 0 aliphatic carbocycles. The first-order valence-corrected chi connectivity index (χ1v) is 4.20. The maximum Gasteiger partial charge on any atom is 0.210 e. The van der Waals surface area contributed by atoms with Gasteiger partial charge >= 0.3 is 0 Å². The summed E-state index contributed by atoms with van der Waals surface area (Å²) in [6, 6.07) is 3.02. The molecule has 0 amide bonds. The molecule has 1 rings (SSSR count). The van der Waals surface area contributed by atoms with Gasteiger partial charge in [0.25, 0.3) is 0 Å². The first-order chi connectivity index (χ1) is 6.49. The van der Waals surface area contributed by atoms with Gasteiger partial charge < -0.3 is 4.74 Å². The van der Waals surface area contributed by atoms with E-state index in [1.54, 1.807) is 20.8 Å².